The molecule has 1 fully saturated rings. The van der Waals surface area contributed by atoms with Crippen molar-refractivity contribution in [1.82, 2.24) is 34.8 Å². The van der Waals surface area contributed by atoms with E-state index >= 15 is 0 Å². The first-order valence-corrected chi connectivity index (χ1v) is 7.48. The van der Waals surface area contributed by atoms with Crippen molar-refractivity contribution in [1.29, 1.82) is 0 Å². The Labute approximate surface area is 125 Å². The highest BCUT2D eigenvalue weighted by Gasteiger charge is 2.20. The van der Waals surface area contributed by atoms with E-state index in [2.05, 4.69) is 32.6 Å². The summed E-state index contributed by atoms with van der Waals surface area (Å²) >= 11 is 0. The Hall–Kier alpha value is -1.73. The molecular weight excluding hydrogens is 266 g/mol. The van der Waals surface area contributed by atoms with Crippen LogP contribution in [0.25, 0.3) is 0 Å². The molecule has 0 aromatic carbocycles. The molecule has 0 saturated heterocycles. The number of likely N-dealkylation sites (N-methyl/N-ethyl adjacent to an activating group) is 1. The molecule has 2 aromatic heterocycles. The monoisotopic (exact) mass is 289 g/mol. The van der Waals surface area contributed by atoms with Gasteiger partial charge in [0, 0.05) is 44.8 Å². The SMILES string of the molecule is CN(CCn1cc(CNC2CC2)nn1)Cc1nccn1C. The molecule has 3 rings (SSSR count). The van der Waals surface area contributed by atoms with Crippen molar-refractivity contribution in [3.05, 3.63) is 30.1 Å². The highest BCUT2D eigenvalue weighted by molar-refractivity contribution is 4.94. The third kappa shape index (κ3) is 4.12. The lowest BCUT2D eigenvalue weighted by atomic mass is 10.4. The average Bonchev–Trinajstić information content (AvgIpc) is 3.05. The van der Waals surface area contributed by atoms with Gasteiger partial charge in [-0.3, -0.25) is 9.58 Å². The van der Waals surface area contributed by atoms with Crippen LogP contribution in [0.5, 0.6) is 0 Å². The summed E-state index contributed by atoms with van der Waals surface area (Å²) in [5, 5.41) is 11.8. The molecule has 0 radical (unpaired) electrons. The van der Waals surface area contributed by atoms with Gasteiger partial charge in [-0.05, 0) is 19.9 Å². The number of hydrogen-bond donors (Lipinski definition) is 1. The lowest BCUT2D eigenvalue weighted by Crippen LogP contribution is -2.24. The Morgan fingerprint density at radius 2 is 2.29 bits per heavy atom. The van der Waals surface area contributed by atoms with Gasteiger partial charge in [0.15, 0.2) is 0 Å². The zero-order valence-corrected chi connectivity index (χ0v) is 12.7. The van der Waals surface area contributed by atoms with Gasteiger partial charge in [-0.2, -0.15) is 0 Å². The Kier molecular flexibility index (Phi) is 4.31. The second-order valence-corrected chi connectivity index (χ2v) is 5.82. The van der Waals surface area contributed by atoms with Crippen molar-refractivity contribution < 1.29 is 0 Å². The van der Waals surface area contributed by atoms with Crippen LogP contribution >= 0.6 is 0 Å². The molecule has 1 N–H and O–H groups in total. The van der Waals surface area contributed by atoms with Gasteiger partial charge in [0.05, 0.1) is 18.8 Å². The molecular formula is C14H23N7. The molecule has 1 aliphatic carbocycles. The van der Waals surface area contributed by atoms with Gasteiger partial charge in [-0.25, -0.2) is 4.98 Å². The van der Waals surface area contributed by atoms with Crippen molar-refractivity contribution in [2.45, 2.75) is 38.5 Å². The molecule has 0 atom stereocenters. The third-order valence-electron chi connectivity index (χ3n) is 3.78. The molecule has 0 bridgehead atoms. The number of nitrogens with zero attached hydrogens (tertiary/aromatic N) is 6. The molecule has 0 aliphatic heterocycles. The van der Waals surface area contributed by atoms with Crippen LogP contribution in [0.2, 0.25) is 0 Å². The minimum Gasteiger partial charge on any atom is -0.337 e. The Morgan fingerprint density at radius 3 is 3.00 bits per heavy atom. The smallest absolute Gasteiger partial charge is 0.122 e. The van der Waals surface area contributed by atoms with E-state index in [0.717, 1.165) is 37.7 Å². The second-order valence-electron chi connectivity index (χ2n) is 5.82. The van der Waals surface area contributed by atoms with E-state index in [9.17, 15) is 0 Å². The highest BCUT2D eigenvalue weighted by atomic mass is 15.4. The maximum atomic E-state index is 4.34. The first-order valence-electron chi connectivity index (χ1n) is 7.48. The standard InChI is InChI=1S/C14H23N7/c1-19(11-14-15-5-6-20(14)2)7-8-21-10-13(17-18-21)9-16-12-3-4-12/h5-6,10,12,16H,3-4,7-9,11H2,1-2H3. The molecule has 7 heteroatoms. The van der Waals surface area contributed by atoms with E-state index in [4.69, 9.17) is 0 Å². The molecule has 0 amide bonds. The normalized spacial score (nSPS) is 15.0. The van der Waals surface area contributed by atoms with Crippen LogP contribution in [-0.2, 0) is 26.7 Å². The number of imidazole rings is 1. The highest BCUT2D eigenvalue weighted by Crippen LogP contribution is 2.18. The van der Waals surface area contributed by atoms with E-state index in [1.807, 2.05) is 34.9 Å². The van der Waals surface area contributed by atoms with Gasteiger partial charge in [0.25, 0.3) is 0 Å². The van der Waals surface area contributed by atoms with Crippen LogP contribution in [-0.4, -0.2) is 49.1 Å². The molecule has 2 aromatic rings. The number of rotatable bonds is 8. The maximum absolute atomic E-state index is 4.34. The van der Waals surface area contributed by atoms with E-state index in [0.29, 0.717) is 6.04 Å². The summed E-state index contributed by atoms with van der Waals surface area (Å²) in [6, 6.07) is 0.707. The number of aromatic nitrogens is 5. The van der Waals surface area contributed by atoms with E-state index in [1.165, 1.54) is 12.8 Å². The maximum Gasteiger partial charge on any atom is 0.122 e. The van der Waals surface area contributed by atoms with Crippen molar-refractivity contribution in [3.63, 3.8) is 0 Å². The molecule has 0 spiro atoms. The van der Waals surface area contributed by atoms with Crippen LogP contribution in [0.15, 0.2) is 18.6 Å². The zero-order chi connectivity index (χ0) is 14.7. The minimum absolute atomic E-state index is 0.707. The van der Waals surface area contributed by atoms with Crippen LogP contribution in [0.3, 0.4) is 0 Å². The van der Waals surface area contributed by atoms with Gasteiger partial charge in [0.2, 0.25) is 0 Å². The Morgan fingerprint density at radius 1 is 1.43 bits per heavy atom. The molecule has 1 aliphatic rings. The Balaban J connectivity index is 1.42. The number of nitrogens with one attached hydrogen (secondary N) is 1. The van der Waals surface area contributed by atoms with Crippen molar-refractivity contribution >= 4 is 0 Å². The summed E-state index contributed by atoms with van der Waals surface area (Å²) in [5.74, 6) is 1.07. The fourth-order valence-electron chi connectivity index (χ4n) is 2.21. The topological polar surface area (TPSA) is 63.8 Å². The lowest BCUT2D eigenvalue weighted by molar-refractivity contribution is 0.294. The predicted molar refractivity (Wildman–Crippen MR) is 79.4 cm³/mol. The first kappa shape index (κ1) is 14.2. The number of hydrogen-bond acceptors (Lipinski definition) is 5. The van der Waals surface area contributed by atoms with Gasteiger partial charge >= 0.3 is 0 Å². The molecule has 1 saturated carbocycles. The van der Waals surface area contributed by atoms with Crippen molar-refractivity contribution in [2.75, 3.05) is 13.6 Å². The summed E-state index contributed by atoms with van der Waals surface area (Å²) in [6.45, 7) is 3.44. The van der Waals surface area contributed by atoms with E-state index in [1.54, 1.807) is 0 Å². The van der Waals surface area contributed by atoms with Crippen LogP contribution in [0.1, 0.15) is 24.4 Å². The Bertz CT molecular complexity index is 569. The van der Waals surface area contributed by atoms with Crippen molar-refractivity contribution in [3.8, 4) is 0 Å². The van der Waals surface area contributed by atoms with Crippen LogP contribution < -0.4 is 5.32 Å². The molecule has 21 heavy (non-hydrogen) atoms. The largest absolute Gasteiger partial charge is 0.337 e. The quantitative estimate of drug-likeness (QED) is 0.762. The molecule has 7 nitrogen and oxygen atoms in total. The summed E-state index contributed by atoms with van der Waals surface area (Å²) in [6.07, 6.45) is 8.43. The summed E-state index contributed by atoms with van der Waals surface area (Å²) < 4.78 is 3.96. The average molecular weight is 289 g/mol. The number of aryl methyl sites for hydroxylation is 1. The van der Waals surface area contributed by atoms with Gasteiger partial charge in [-0.15, -0.1) is 5.10 Å². The lowest BCUT2D eigenvalue weighted by Gasteiger charge is -2.15. The van der Waals surface area contributed by atoms with E-state index < -0.39 is 0 Å². The fourth-order valence-corrected chi connectivity index (χ4v) is 2.21. The second kappa shape index (κ2) is 6.36. The van der Waals surface area contributed by atoms with Crippen molar-refractivity contribution in [2.24, 2.45) is 7.05 Å². The van der Waals surface area contributed by atoms with Gasteiger partial charge in [0.1, 0.15) is 5.82 Å². The molecule has 2 heterocycles. The third-order valence-corrected chi connectivity index (χ3v) is 3.78. The minimum atomic E-state index is 0.707. The molecule has 114 valence electrons. The summed E-state index contributed by atoms with van der Waals surface area (Å²) in [5.41, 5.74) is 1.02. The fraction of sp³-hybridized carbons (Fsp3) is 0.643. The zero-order valence-electron chi connectivity index (χ0n) is 12.7. The summed E-state index contributed by atoms with van der Waals surface area (Å²) in [4.78, 5) is 6.58. The van der Waals surface area contributed by atoms with E-state index in [-0.39, 0.29) is 0 Å². The predicted octanol–water partition coefficient (Wildman–Crippen LogP) is 0.396. The van der Waals surface area contributed by atoms with Crippen LogP contribution in [0, 0.1) is 0 Å². The first-order chi connectivity index (χ1) is 10.2. The molecule has 0 unspecified atom stereocenters. The van der Waals surface area contributed by atoms with Gasteiger partial charge in [-0.1, -0.05) is 5.21 Å². The van der Waals surface area contributed by atoms with Crippen LogP contribution in [0.4, 0.5) is 0 Å². The van der Waals surface area contributed by atoms with Gasteiger partial charge < -0.3 is 9.88 Å². The summed E-state index contributed by atoms with van der Waals surface area (Å²) in [7, 11) is 4.12.